The van der Waals surface area contributed by atoms with Crippen LogP contribution in [0.15, 0.2) is 48.0 Å². The molecule has 1 saturated carbocycles. The molecule has 1 heterocycles. The summed E-state index contributed by atoms with van der Waals surface area (Å²) in [5.41, 5.74) is 2.17. The van der Waals surface area contributed by atoms with E-state index in [1.165, 1.54) is 0 Å². The highest BCUT2D eigenvalue weighted by atomic mass is 35.5. The predicted octanol–water partition coefficient (Wildman–Crippen LogP) is 4.89. The maximum Gasteiger partial charge on any atom is 0.295 e. The van der Waals surface area contributed by atoms with Gasteiger partial charge in [0.25, 0.3) is 11.7 Å². The van der Waals surface area contributed by atoms with Gasteiger partial charge in [0.15, 0.2) is 0 Å². The molecule has 0 aromatic heterocycles. The van der Waals surface area contributed by atoms with Crippen LogP contribution in [0.5, 0.6) is 0 Å². The summed E-state index contributed by atoms with van der Waals surface area (Å²) in [5.74, 6) is -1.47. The van der Waals surface area contributed by atoms with Crippen molar-refractivity contribution in [3.05, 3.63) is 74.8 Å². The van der Waals surface area contributed by atoms with Crippen LogP contribution < -0.4 is 0 Å². The number of hydrogen-bond donors (Lipinski definition) is 1. The lowest BCUT2D eigenvalue weighted by Gasteiger charge is -2.26. The Hall–Kier alpha value is -2.30. The molecule has 6 heteroatoms. The highest BCUT2D eigenvalue weighted by Crippen LogP contribution is 2.47. The summed E-state index contributed by atoms with van der Waals surface area (Å²) in [6.07, 6.45) is 1.67. The molecule has 2 aliphatic rings. The van der Waals surface area contributed by atoms with Gasteiger partial charge in [-0.2, -0.15) is 0 Å². The van der Waals surface area contributed by atoms with Gasteiger partial charge in [0.2, 0.25) is 0 Å². The molecule has 1 amide bonds. The monoisotopic (exact) mass is 401 g/mol. The molecule has 2 aromatic rings. The third-order valence-electron chi connectivity index (χ3n) is 5.00. The van der Waals surface area contributed by atoms with E-state index in [1.54, 1.807) is 35.2 Å². The first-order valence-corrected chi connectivity index (χ1v) is 9.46. The summed E-state index contributed by atoms with van der Waals surface area (Å²) in [6.45, 7) is 1.93. The molecule has 27 heavy (non-hydrogen) atoms. The van der Waals surface area contributed by atoms with Crippen molar-refractivity contribution < 1.29 is 14.7 Å². The first-order valence-electron chi connectivity index (χ1n) is 8.70. The molecule has 4 rings (SSSR count). The number of benzene rings is 2. The molecule has 0 spiro atoms. The van der Waals surface area contributed by atoms with Crippen LogP contribution in [0.2, 0.25) is 10.0 Å². The molecule has 138 valence electrons. The fraction of sp³-hybridized carbons (Fsp3) is 0.238. The first-order chi connectivity index (χ1) is 12.9. The van der Waals surface area contributed by atoms with Crippen molar-refractivity contribution in [2.75, 3.05) is 0 Å². The van der Waals surface area contributed by atoms with Crippen LogP contribution in [0.3, 0.4) is 0 Å². The number of hydrogen-bond acceptors (Lipinski definition) is 3. The van der Waals surface area contributed by atoms with Gasteiger partial charge in [-0.25, -0.2) is 0 Å². The van der Waals surface area contributed by atoms with E-state index in [4.69, 9.17) is 23.2 Å². The molecule has 1 atom stereocenters. The molecule has 1 aliphatic carbocycles. The van der Waals surface area contributed by atoms with E-state index >= 15 is 0 Å². The number of ketones is 1. The zero-order valence-electron chi connectivity index (χ0n) is 14.6. The third-order valence-corrected chi connectivity index (χ3v) is 5.56. The van der Waals surface area contributed by atoms with Gasteiger partial charge >= 0.3 is 0 Å². The van der Waals surface area contributed by atoms with Gasteiger partial charge in [0.05, 0.1) is 11.6 Å². The number of carbonyl (C=O) groups is 2. The molecule has 0 bridgehead atoms. The number of likely N-dealkylation sites (tertiary alicyclic amines) is 1. The number of rotatable bonds is 3. The minimum atomic E-state index is -0.719. The van der Waals surface area contributed by atoms with Crippen LogP contribution in [0.25, 0.3) is 5.76 Å². The van der Waals surface area contributed by atoms with Crippen molar-refractivity contribution in [3.63, 3.8) is 0 Å². The first kappa shape index (κ1) is 18.1. The van der Waals surface area contributed by atoms with Gasteiger partial charge in [-0.3, -0.25) is 9.59 Å². The number of aryl methyl sites for hydroxylation is 1. The number of nitrogens with zero attached hydrogens (tertiary/aromatic N) is 1. The van der Waals surface area contributed by atoms with E-state index in [1.807, 2.05) is 19.1 Å². The average molecular weight is 402 g/mol. The number of aliphatic hydroxyl groups excluding tert-OH is 1. The molecule has 1 aliphatic heterocycles. The summed E-state index contributed by atoms with van der Waals surface area (Å²) in [7, 11) is 0. The van der Waals surface area contributed by atoms with Crippen molar-refractivity contribution >= 4 is 40.7 Å². The topological polar surface area (TPSA) is 57.6 Å². The highest BCUT2D eigenvalue weighted by molar-refractivity contribution is 6.47. The predicted molar refractivity (Wildman–Crippen MR) is 105 cm³/mol. The largest absolute Gasteiger partial charge is 0.507 e. The molecule has 2 aromatic carbocycles. The van der Waals surface area contributed by atoms with E-state index in [0.717, 1.165) is 18.4 Å². The Balaban J connectivity index is 1.91. The standard InChI is InChI=1S/C21H17Cl2NO3/c1-11-2-4-12(5-3-11)19(25)17-18(15-9-6-13(22)10-16(15)23)24(14-7-8-14)21(27)20(17)26/h2-6,9-10,14,18,25H,7-8H2,1H3. The lowest BCUT2D eigenvalue weighted by atomic mass is 9.95. The maximum absolute atomic E-state index is 12.8. The van der Waals surface area contributed by atoms with Crippen LogP contribution in [0.1, 0.15) is 35.6 Å². The Morgan fingerprint density at radius 3 is 2.33 bits per heavy atom. The molecule has 4 nitrogen and oxygen atoms in total. The second-order valence-electron chi connectivity index (χ2n) is 6.97. The second kappa shape index (κ2) is 6.70. The minimum absolute atomic E-state index is 0.0125. The number of aliphatic hydroxyl groups is 1. The number of Topliss-reactive ketones (excluding diaryl/α,β-unsaturated/α-hetero) is 1. The SMILES string of the molecule is Cc1ccc(C(O)=C2C(=O)C(=O)N(C3CC3)C2c2ccc(Cl)cc2Cl)cc1. The Labute approximate surface area is 167 Å². The summed E-state index contributed by atoms with van der Waals surface area (Å²) < 4.78 is 0. The molecule has 1 saturated heterocycles. The van der Waals surface area contributed by atoms with Gasteiger partial charge < -0.3 is 10.0 Å². The van der Waals surface area contributed by atoms with E-state index < -0.39 is 17.7 Å². The number of halogens is 2. The number of carbonyl (C=O) groups excluding carboxylic acids is 2. The van der Waals surface area contributed by atoms with Crippen LogP contribution in [-0.4, -0.2) is 27.7 Å². The minimum Gasteiger partial charge on any atom is -0.507 e. The molecular formula is C21H17Cl2NO3. The lowest BCUT2D eigenvalue weighted by molar-refractivity contribution is -0.140. The number of amides is 1. The van der Waals surface area contributed by atoms with Gasteiger partial charge in [-0.05, 0) is 37.5 Å². The molecule has 1 N–H and O–H groups in total. The van der Waals surface area contributed by atoms with Gasteiger partial charge in [-0.15, -0.1) is 0 Å². The van der Waals surface area contributed by atoms with E-state index in [-0.39, 0.29) is 17.4 Å². The fourth-order valence-corrected chi connectivity index (χ4v) is 3.99. The Morgan fingerprint density at radius 2 is 1.74 bits per heavy atom. The Bertz CT molecular complexity index is 977. The zero-order valence-corrected chi connectivity index (χ0v) is 16.1. The van der Waals surface area contributed by atoms with E-state index in [0.29, 0.717) is 21.2 Å². The van der Waals surface area contributed by atoms with Crippen LogP contribution in [0, 0.1) is 6.92 Å². The Morgan fingerprint density at radius 1 is 1.07 bits per heavy atom. The molecule has 2 fully saturated rings. The summed E-state index contributed by atoms with van der Waals surface area (Å²) in [4.78, 5) is 27.1. The van der Waals surface area contributed by atoms with Gasteiger partial charge in [0.1, 0.15) is 5.76 Å². The quantitative estimate of drug-likeness (QED) is 0.452. The van der Waals surface area contributed by atoms with Crippen molar-refractivity contribution in [1.82, 2.24) is 4.90 Å². The summed E-state index contributed by atoms with van der Waals surface area (Å²) >= 11 is 12.4. The third kappa shape index (κ3) is 3.13. The van der Waals surface area contributed by atoms with Crippen molar-refractivity contribution in [2.45, 2.75) is 31.8 Å². The average Bonchev–Trinajstić information content (AvgIpc) is 3.43. The fourth-order valence-electron chi connectivity index (χ4n) is 3.47. The van der Waals surface area contributed by atoms with Crippen molar-refractivity contribution in [1.29, 1.82) is 0 Å². The van der Waals surface area contributed by atoms with Crippen LogP contribution >= 0.6 is 23.2 Å². The van der Waals surface area contributed by atoms with Crippen molar-refractivity contribution in [3.8, 4) is 0 Å². The van der Waals surface area contributed by atoms with Gasteiger partial charge in [-0.1, -0.05) is 59.1 Å². The van der Waals surface area contributed by atoms with E-state index in [9.17, 15) is 14.7 Å². The van der Waals surface area contributed by atoms with Gasteiger partial charge in [0, 0.05) is 21.7 Å². The van der Waals surface area contributed by atoms with Crippen LogP contribution in [-0.2, 0) is 9.59 Å². The smallest absolute Gasteiger partial charge is 0.295 e. The lowest BCUT2D eigenvalue weighted by Crippen LogP contribution is -2.31. The van der Waals surface area contributed by atoms with Crippen LogP contribution in [0.4, 0.5) is 0 Å². The molecule has 1 unspecified atom stereocenters. The summed E-state index contributed by atoms with van der Waals surface area (Å²) in [6, 6.07) is 11.4. The zero-order chi connectivity index (χ0) is 19.3. The normalized spacial score (nSPS) is 21.7. The maximum atomic E-state index is 12.8. The van der Waals surface area contributed by atoms with E-state index in [2.05, 4.69) is 0 Å². The van der Waals surface area contributed by atoms with Crippen molar-refractivity contribution in [2.24, 2.45) is 0 Å². The Kier molecular flexibility index (Phi) is 4.49. The molecular weight excluding hydrogens is 385 g/mol. The highest BCUT2D eigenvalue weighted by Gasteiger charge is 2.51. The molecule has 0 radical (unpaired) electrons. The summed E-state index contributed by atoms with van der Waals surface area (Å²) in [5, 5.41) is 11.7. The second-order valence-corrected chi connectivity index (χ2v) is 7.81.